The molecule has 0 spiro atoms. The van der Waals surface area contributed by atoms with Gasteiger partial charge in [0.25, 0.3) is 0 Å². The third-order valence-corrected chi connectivity index (χ3v) is 3.90. The molecule has 0 saturated carbocycles. The fourth-order valence-corrected chi connectivity index (χ4v) is 2.45. The van der Waals surface area contributed by atoms with E-state index in [1.165, 1.54) is 52.5 Å². The van der Waals surface area contributed by atoms with Crippen molar-refractivity contribution in [2.75, 3.05) is 27.9 Å². The molecule has 30 heavy (non-hydrogen) atoms. The maximum atomic E-state index is 12.5. The zero-order valence-corrected chi connectivity index (χ0v) is 17.1. The van der Waals surface area contributed by atoms with Crippen molar-refractivity contribution in [3.05, 3.63) is 53.6 Å². The van der Waals surface area contributed by atoms with Gasteiger partial charge in [-0.1, -0.05) is 6.07 Å². The maximum Gasteiger partial charge on any atom is 0.330 e. The molecular formula is C22H22O8. The van der Waals surface area contributed by atoms with Crippen molar-refractivity contribution in [2.45, 2.75) is 6.92 Å². The minimum Gasteiger partial charge on any atom is -0.493 e. The van der Waals surface area contributed by atoms with Gasteiger partial charge in [0.15, 0.2) is 35.4 Å². The first kappa shape index (κ1) is 22.5. The second-order valence-corrected chi connectivity index (χ2v) is 5.94. The standard InChI is InChI=1S/C22H22O8/c1-14(23)30-19-9-7-16(12-21(19)27-3)17(24)13-29-18-8-5-15(11-20(18)26-2)6-10-22(25)28-4/h5-12H,13H2,1-4H3/b10-6+. The van der Waals surface area contributed by atoms with E-state index in [0.717, 1.165) is 0 Å². The molecule has 0 heterocycles. The molecule has 0 aliphatic heterocycles. The van der Waals surface area contributed by atoms with Gasteiger partial charge in [0.2, 0.25) is 0 Å². The van der Waals surface area contributed by atoms with Crippen molar-refractivity contribution in [3.8, 4) is 23.0 Å². The molecule has 0 fully saturated rings. The van der Waals surface area contributed by atoms with E-state index in [-0.39, 0.29) is 23.9 Å². The van der Waals surface area contributed by atoms with Crippen LogP contribution in [0.15, 0.2) is 42.5 Å². The maximum absolute atomic E-state index is 12.5. The van der Waals surface area contributed by atoms with Crippen molar-refractivity contribution in [2.24, 2.45) is 0 Å². The molecule has 2 aromatic rings. The van der Waals surface area contributed by atoms with Gasteiger partial charge in [-0.05, 0) is 42.0 Å². The molecule has 0 saturated heterocycles. The van der Waals surface area contributed by atoms with Gasteiger partial charge < -0.3 is 23.7 Å². The number of Topliss-reactive ketones (excluding diaryl/α,β-unsaturated/α-hetero) is 1. The summed E-state index contributed by atoms with van der Waals surface area (Å²) in [7, 11) is 4.17. The Morgan fingerprint density at radius 3 is 2.17 bits per heavy atom. The van der Waals surface area contributed by atoms with E-state index in [1.54, 1.807) is 24.3 Å². The Bertz CT molecular complexity index is 962. The smallest absolute Gasteiger partial charge is 0.330 e. The van der Waals surface area contributed by atoms with Crippen LogP contribution in [0.1, 0.15) is 22.8 Å². The molecule has 8 heteroatoms. The second kappa shape index (κ2) is 10.7. The lowest BCUT2D eigenvalue weighted by molar-refractivity contribution is -0.135. The summed E-state index contributed by atoms with van der Waals surface area (Å²) in [6.07, 6.45) is 2.85. The molecule has 0 unspecified atom stereocenters. The van der Waals surface area contributed by atoms with Crippen LogP contribution < -0.4 is 18.9 Å². The molecular weight excluding hydrogens is 392 g/mol. The Hall–Kier alpha value is -3.81. The lowest BCUT2D eigenvalue weighted by Gasteiger charge is -2.12. The number of esters is 2. The summed E-state index contributed by atoms with van der Waals surface area (Å²) in [6, 6.07) is 9.48. The predicted octanol–water partition coefficient (Wildman–Crippen LogP) is 3.08. The highest BCUT2D eigenvalue weighted by Gasteiger charge is 2.14. The van der Waals surface area contributed by atoms with Crippen LogP contribution in [-0.4, -0.2) is 45.7 Å². The first-order chi connectivity index (χ1) is 14.4. The van der Waals surface area contributed by atoms with Crippen LogP contribution in [0.2, 0.25) is 0 Å². The number of methoxy groups -OCH3 is 3. The highest BCUT2D eigenvalue weighted by Crippen LogP contribution is 2.30. The van der Waals surface area contributed by atoms with Gasteiger partial charge >= 0.3 is 11.9 Å². The molecule has 0 aliphatic carbocycles. The molecule has 2 aromatic carbocycles. The average molecular weight is 414 g/mol. The van der Waals surface area contributed by atoms with E-state index < -0.39 is 11.9 Å². The summed E-state index contributed by atoms with van der Waals surface area (Å²) < 4.78 is 25.6. The van der Waals surface area contributed by atoms with Gasteiger partial charge in [0, 0.05) is 18.6 Å². The lowest BCUT2D eigenvalue weighted by atomic mass is 10.1. The number of hydrogen-bond donors (Lipinski definition) is 0. The summed E-state index contributed by atoms with van der Waals surface area (Å²) in [6.45, 7) is 1.03. The molecule has 0 aromatic heterocycles. The van der Waals surface area contributed by atoms with Crippen LogP contribution >= 0.6 is 0 Å². The average Bonchev–Trinajstić information content (AvgIpc) is 2.75. The molecule has 0 aliphatic rings. The molecule has 0 bridgehead atoms. The van der Waals surface area contributed by atoms with E-state index in [9.17, 15) is 14.4 Å². The Morgan fingerprint density at radius 1 is 0.867 bits per heavy atom. The largest absolute Gasteiger partial charge is 0.493 e. The molecule has 0 N–H and O–H groups in total. The van der Waals surface area contributed by atoms with Crippen LogP contribution in [0.4, 0.5) is 0 Å². The highest BCUT2D eigenvalue weighted by molar-refractivity contribution is 5.98. The third-order valence-electron chi connectivity index (χ3n) is 3.90. The summed E-state index contributed by atoms with van der Waals surface area (Å²) in [5.41, 5.74) is 1.03. The zero-order chi connectivity index (χ0) is 22.1. The minimum atomic E-state index is -0.493. The summed E-state index contributed by atoms with van der Waals surface area (Å²) >= 11 is 0. The van der Waals surface area contributed by atoms with Crippen molar-refractivity contribution in [1.82, 2.24) is 0 Å². The van der Waals surface area contributed by atoms with E-state index in [2.05, 4.69) is 4.74 Å². The molecule has 2 rings (SSSR count). The van der Waals surface area contributed by atoms with Crippen molar-refractivity contribution in [3.63, 3.8) is 0 Å². The minimum absolute atomic E-state index is 0.222. The number of ketones is 1. The fourth-order valence-electron chi connectivity index (χ4n) is 2.45. The summed E-state index contributed by atoms with van der Waals surface area (Å²) in [4.78, 5) is 34.8. The number of hydrogen-bond acceptors (Lipinski definition) is 8. The van der Waals surface area contributed by atoms with Gasteiger partial charge in [-0.15, -0.1) is 0 Å². The van der Waals surface area contributed by atoms with Crippen LogP contribution in [0, 0.1) is 0 Å². The van der Waals surface area contributed by atoms with E-state index in [1.807, 2.05) is 0 Å². The fraction of sp³-hybridized carbons (Fsp3) is 0.227. The van der Waals surface area contributed by atoms with E-state index >= 15 is 0 Å². The van der Waals surface area contributed by atoms with Gasteiger partial charge in [-0.2, -0.15) is 0 Å². The Morgan fingerprint density at radius 2 is 1.53 bits per heavy atom. The number of carbonyl (C=O) groups is 3. The number of benzene rings is 2. The summed E-state index contributed by atoms with van der Waals surface area (Å²) in [5.74, 6) is -0.0283. The molecule has 0 atom stereocenters. The van der Waals surface area contributed by atoms with Gasteiger partial charge in [-0.25, -0.2) is 4.79 Å². The number of rotatable bonds is 9. The predicted molar refractivity (Wildman–Crippen MR) is 108 cm³/mol. The van der Waals surface area contributed by atoms with E-state index in [4.69, 9.17) is 18.9 Å². The van der Waals surface area contributed by atoms with Crippen molar-refractivity contribution < 1.29 is 38.1 Å². The van der Waals surface area contributed by atoms with E-state index in [0.29, 0.717) is 22.6 Å². The normalized spacial score (nSPS) is 10.4. The summed E-state index contributed by atoms with van der Waals surface area (Å²) in [5, 5.41) is 0. The number of ether oxygens (including phenoxy) is 5. The topological polar surface area (TPSA) is 97.4 Å². The van der Waals surface area contributed by atoms with Gasteiger partial charge in [0.1, 0.15) is 0 Å². The second-order valence-electron chi connectivity index (χ2n) is 5.94. The first-order valence-corrected chi connectivity index (χ1v) is 8.84. The van der Waals surface area contributed by atoms with Gasteiger partial charge in [-0.3, -0.25) is 9.59 Å². The monoisotopic (exact) mass is 414 g/mol. The van der Waals surface area contributed by atoms with Crippen molar-refractivity contribution in [1.29, 1.82) is 0 Å². The highest BCUT2D eigenvalue weighted by atomic mass is 16.6. The molecule has 8 nitrogen and oxygen atoms in total. The quantitative estimate of drug-likeness (QED) is 0.267. The first-order valence-electron chi connectivity index (χ1n) is 8.84. The molecule has 0 amide bonds. The molecule has 158 valence electrons. The Balaban J connectivity index is 2.11. The lowest BCUT2D eigenvalue weighted by Crippen LogP contribution is -2.12. The van der Waals surface area contributed by atoms with Gasteiger partial charge in [0.05, 0.1) is 21.3 Å². The van der Waals surface area contributed by atoms with Crippen molar-refractivity contribution >= 4 is 23.8 Å². The Labute approximate surface area is 174 Å². The molecule has 0 radical (unpaired) electrons. The van der Waals surface area contributed by atoms with Crippen LogP contribution in [0.25, 0.3) is 6.08 Å². The van der Waals surface area contributed by atoms with Crippen LogP contribution in [0.3, 0.4) is 0 Å². The zero-order valence-electron chi connectivity index (χ0n) is 17.1. The third kappa shape index (κ3) is 6.10. The number of carbonyl (C=O) groups excluding carboxylic acids is 3. The Kier molecular flexibility index (Phi) is 7.99. The van der Waals surface area contributed by atoms with Crippen LogP contribution in [0.5, 0.6) is 23.0 Å². The SMILES string of the molecule is COC(=O)/C=C/c1ccc(OCC(=O)c2ccc(OC(C)=O)c(OC)c2)c(OC)c1. The van der Waals surface area contributed by atoms with Crippen LogP contribution in [-0.2, 0) is 14.3 Å².